The van der Waals surface area contributed by atoms with Gasteiger partial charge in [-0.15, -0.1) is 22.7 Å². The Kier molecular flexibility index (Phi) is 3.63. The molecule has 1 N–H and O–H groups in total. The number of thiazole rings is 2. The highest BCUT2D eigenvalue weighted by Crippen LogP contribution is 2.36. The van der Waals surface area contributed by atoms with Gasteiger partial charge in [0.05, 0.1) is 11.5 Å². The van der Waals surface area contributed by atoms with Gasteiger partial charge in [-0.3, -0.25) is 0 Å². The number of halogens is 1. The monoisotopic (exact) mass is 278 g/mol. The first-order valence-electron chi connectivity index (χ1n) is 4.05. The van der Waals surface area contributed by atoms with Crippen LogP contribution in [0.25, 0.3) is 0 Å². The lowest BCUT2D eigenvalue weighted by atomic mass is 10.6. The summed E-state index contributed by atoms with van der Waals surface area (Å²) in [6, 6.07) is 0. The topological polar surface area (TPSA) is 46.0 Å². The van der Waals surface area contributed by atoms with Crippen molar-refractivity contribution >= 4 is 46.0 Å². The Morgan fingerprint density at radius 3 is 2.80 bits per heavy atom. The summed E-state index contributed by atoms with van der Waals surface area (Å²) in [5.74, 6) is 0. The second kappa shape index (κ2) is 4.80. The van der Waals surface area contributed by atoms with Crippen LogP contribution in [0.5, 0.6) is 0 Å². The van der Waals surface area contributed by atoms with E-state index in [-0.39, 0.29) is 6.61 Å². The number of hydrogen-bond acceptors (Lipinski definition) is 6. The Balaban J connectivity index is 2.17. The average Bonchev–Trinajstić information content (AvgIpc) is 2.73. The average molecular weight is 279 g/mol. The zero-order valence-electron chi connectivity index (χ0n) is 7.73. The summed E-state index contributed by atoms with van der Waals surface area (Å²) >= 11 is 10.3. The molecule has 0 aliphatic rings. The number of aromatic nitrogens is 2. The molecular weight excluding hydrogens is 272 g/mol. The van der Waals surface area contributed by atoms with Gasteiger partial charge in [0.15, 0.2) is 8.68 Å². The summed E-state index contributed by atoms with van der Waals surface area (Å²) < 4.78 is 1.76. The van der Waals surface area contributed by atoms with Crippen molar-refractivity contribution < 1.29 is 5.11 Å². The lowest BCUT2D eigenvalue weighted by Crippen LogP contribution is -1.75. The van der Waals surface area contributed by atoms with Gasteiger partial charge in [-0.1, -0.05) is 11.6 Å². The predicted molar refractivity (Wildman–Crippen MR) is 64.0 cm³/mol. The molecule has 2 aromatic rings. The first-order chi connectivity index (χ1) is 7.19. The van der Waals surface area contributed by atoms with Crippen molar-refractivity contribution in [2.45, 2.75) is 22.2 Å². The van der Waals surface area contributed by atoms with Gasteiger partial charge in [0, 0.05) is 11.1 Å². The van der Waals surface area contributed by atoms with Crippen molar-refractivity contribution in [1.29, 1.82) is 0 Å². The van der Waals surface area contributed by atoms with Crippen molar-refractivity contribution in [3.63, 3.8) is 0 Å². The summed E-state index contributed by atoms with van der Waals surface area (Å²) in [4.78, 5) is 9.15. The summed E-state index contributed by atoms with van der Waals surface area (Å²) in [7, 11) is 0. The number of aliphatic hydroxyl groups is 1. The molecule has 0 amide bonds. The molecule has 0 aromatic carbocycles. The second-order valence-electron chi connectivity index (χ2n) is 2.71. The molecular formula is C8H7ClN2OS3. The van der Waals surface area contributed by atoms with E-state index in [0.717, 1.165) is 14.4 Å². The Morgan fingerprint density at radius 1 is 1.47 bits per heavy atom. The molecule has 2 aromatic heterocycles. The van der Waals surface area contributed by atoms with Crippen molar-refractivity contribution in [3.05, 3.63) is 21.1 Å². The third-order valence-electron chi connectivity index (χ3n) is 1.55. The van der Waals surface area contributed by atoms with Crippen LogP contribution in [-0.4, -0.2) is 15.1 Å². The van der Waals surface area contributed by atoms with Crippen LogP contribution in [0.2, 0.25) is 5.15 Å². The van der Waals surface area contributed by atoms with Gasteiger partial charge >= 0.3 is 0 Å². The number of hydrogen-bond donors (Lipinski definition) is 1. The molecule has 0 unspecified atom stereocenters. The number of nitrogens with zero attached hydrogens (tertiary/aromatic N) is 2. The summed E-state index contributed by atoms with van der Waals surface area (Å²) in [5, 5.41) is 11.3. The largest absolute Gasteiger partial charge is 0.391 e. The minimum absolute atomic E-state index is 0.0616. The lowest BCUT2D eigenvalue weighted by molar-refractivity contribution is 0.285. The van der Waals surface area contributed by atoms with Crippen molar-refractivity contribution in [2.75, 3.05) is 0 Å². The van der Waals surface area contributed by atoms with Crippen LogP contribution in [0.3, 0.4) is 0 Å². The number of aliphatic hydroxyl groups excluding tert-OH is 1. The van der Waals surface area contributed by atoms with Crippen molar-refractivity contribution in [1.82, 2.24) is 9.97 Å². The zero-order valence-corrected chi connectivity index (χ0v) is 10.9. The van der Waals surface area contributed by atoms with Crippen LogP contribution in [0.1, 0.15) is 10.6 Å². The molecule has 2 rings (SSSR count). The molecule has 80 valence electrons. The van der Waals surface area contributed by atoms with E-state index >= 15 is 0 Å². The fraction of sp³-hybridized carbons (Fsp3) is 0.250. The highest BCUT2D eigenvalue weighted by atomic mass is 35.5. The molecule has 0 radical (unpaired) electrons. The van der Waals surface area contributed by atoms with Crippen molar-refractivity contribution in [3.8, 4) is 0 Å². The summed E-state index contributed by atoms with van der Waals surface area (Å²) in [5.41, 5.74) is 1.01. The molecule has 0 spiro atoms. The highest BCUT2D eigenvalue weighted by molar-refractivity contribution is 8.02. The van der Waals surface area contributed by atoms with E-state index in [0.29, 0.717) is 10.0 Å². The van der Waals surface area contributed by atoms with E-state index in [1.54, 1.807) is 11.3 Å². The van der Waals surface area contributed by atoms with Gasteiger partial charge in [-0.05, 0) is 18.7 Å². The standard InChI is InChI=1S/C8H7ClN2OS3/c1-4-3-13-7(10-4)15-8-11-6(9)5(2-12)14-8/h3,12H,2H2,1H3. The molecule has 0 aliphatic carbocycles. The van der Waals surface area contributed by atoms with E-state index < -0.39 is 0 Å². The molecule has 7 heteroatoms. The fourth-order valence-electron chi connectivity index (χ4n) is 0.908. The maximum atomic E-state index is 8.97. The zero-order chi connectivity index (χ0) is 10.8. The molecule has 15 heavy (non-hydrogen) atoms. The Bertz CT molecular complexity index is 468. The van der Waals surface area contributed by atoms with Crippen LogP contribution in [0, 0.1) is 6.92 Å². The van der Waals surface area contributed by atoms with E-state index in [9.17, 15) is 0 Å². The third kappa shape index (κ3) is 2.70. The van der Waals surface area contributed by atoms with Gasteiger partial charge < -0.3 is 5.11 Å². The minimum Gasteiger partial charge on any atom is -0.391 e. The van der Waals surface area contributed by atoms with Crippen LogP contribution in [-0.2, 0) is 6.61 Å². The highest BCUT2D eigenvalue weighted by Gasteiger charge is 2.10. The van der Waals surface area contributed by atoms with Gasteiger partial charge in [0.2, 0.25) is 0 Å². The number of aryl methyl sites for hydroxylation is 1. The first kappa shape index (κ1) is 11.3. The normalized spacial score (nSPS) is 10.9. The lowest BCUT2D eigenvalue weighted by Gasteiger charge is -1.88. The predicted octanol–water partition coefficient (Wildman–Crippen LogP) is 3.20. The van der Waals surface area contributed by atoms with Gasteiger partial charge in [-0.2, -0.15) is 0 Å². The Morgan fingerprint density at radius 2 is 2.27 bits per heavy atom. The fourth-order valence-corrected chi connectivity index (χ4v) is 4.24. The quantitative estimate of drug-likeness (QED) is 0.936. The Hall–Kier alpha value is -0.140. The van der Waals surface area contributed by atoms with Gasteiger partial charge in [0.1, 0.15) is 5.15 Å². The van der Waals surface area contributed by atoms with E-state index in [1.165, 1.54) is 23.1 Å². The first-order valence-corrected chi connectivity index (χ1v) is 6.94. The Labute approximate surface area is 104 Å². The van der Waals surface area contributed by atoms with E-state index in [1.807, 2.05) is 12.3 Å². The molecule has 0 atom stereocenters. The minimum atomic E-state index is -0.0616. The van der Waals surface area contributed by atoms with Crippen LogP contribution < -0.4 is 0 Å². The molecule has 0 saturated heterocycles. The maximum absolute atomic E-state index is 8.97. The van der Waals surface area contributed by atoms with E-state index in [4.69, 9.17) is 16.7 Å². The third-order valence-corrected chi connectivity index (χ3v) is 5.13. The second-order valence-corrected chi connectivity index (χ2v) is 6.50. The van der Waals surface area contributed by atoms with Crippen molar-refractivity contribution in [2.24, 2.45) is 0 Å². The van der Waals surface area contributed by atoms with Gasteiger partial charge in [0.25, 0.3) is 0 Å². The molecule has 3 nitrogen and oxygen atoms in total. The molecule has 0 bridgehead atoms. The summed E-state index contributed by atoms with van der Waals surface area (Å²) in [6.07, 6.45) is 0. The number of rotatable bonds is 3. The smallest absolute Gasteiger partial charge is 0.159 e. The maximum Gasteiger partial charge on any atom is 0.159 e. The van der Waals surface area contributed by atoms with Gasteiger partial charge in [-0.25, -0.2) is 9.97 Å². The van der Waals surface area contributed by atoms with Crippen LogP contribution in [0.4, 0.5) is 0 Å². The molecule has 0 fully saturated rings. The van der Waals surface area contributed by atoms with Crippen LogP contribution in [0.15, 0.2) is 14.1 Å². The SMILES string of the molecule is Cc1csc(Sc2nc(Cl)c(CO)s2)n1. The molecule has 0 aliphatic heterocycles. The summed E-state index contributed by atoms with van der Waals surface area (Å²) in [6.45, 7) is 1.89. The molecule has 2 heterocycles. The van der Waals surface area contributed by atoms with E-state index in [2.05, 4.69) is 9.97 Å². The molecule has 0 saturated carbocycles. The van der Waals surface area contributed by atoms with Crippen LogP contribution >= 0.6 is 46.0 Å².